The molecule has 0 spiro atoms. The van der Waals surface area contributed by atoms with Crippen LogP contribution in [0.5, 0.6) is 0 Å². The van der Waals surface area contributed by atoms with E-state index in [9.17, 15) is 9.59 Å². The Labute approximate surface area is 139 Å². The maximum absolute atomic E-state index is 12.5. The average Bonchev–Trinajstić information content (AvgIpc) is 3.00. The van der Waals surface area contributed by atoms with Gasteiger partial charge in [0.05, 0.1) is 11.8 Å². The first-order chi connectivity index (χ1) is 11.1. The van der Waals surface area contributed by atoms with Crippen LogP contribution in [0, 0.1) is 6.92 Å². The minimum atomic E-state index is -0.0564. The third-order valence-corrected chi connectivity index (χ3v) is 4.25. The van der Waals surface area contributed by atoms with E-state index < -0.39 is 0 Å². The number of carbonyl (C=O) groups is 2. The van der Waals surface area contributed by atoms with E-state index >= 15 is 0 Å². The van der Waals surface area contributed by atoms with Gasteiger partial charge in [-0.3, -0.25) is 9.59 Å². The maximum Gasteiger partial charge on any atom is 0.257 e. The predicted molar refractivity (Wildman–Crippen MR) is 86.7 cm³/mol. The molecule has 1 aliphatic rings. The van der Waals surface area contributed by atoms with Crippen molar-refractivity contribution < 1.29 is 14.0 Å². The summed E-state index contributed by atoms with van der Waals surface area (Å²) in [6, 6.07) is 8.59. The fourth-order valence-corrected chi connectivity index (χ4v) is 2.88. The Hall–Kier alpha value is -2.27. The van der Waals surface area contributed by atoms with Crippen LogP contribution in [0.15, 0.2) is 41.0 Å². The van der Waals surface area contributed by atoms with Crippen molar-refractivity contribution in [2.24, 2.45) is 0 Å². The standard InChI is InChI=1S/C17H17ClN2O3/c1-12-15(5-10-23-12)17(22)20-8-6-19(7-9-20)16(21)13-3-2-4-14(18)11-13/h2-5,10-11H,6-9H2,1H3. The molecule has 5 nitrogen and oxygen atoms in total. The SMILES string of the molecule is Cc1occc1C(=O)N1CCN(C(=O)c2cccc(Cl)c2)CC1. The van der Waals surface area contributed by atoms with E-state index in [2.05, 4.69) is 0 Å². The number of amides is 2. The van der Waals surface area contributed by atoms with Crippen molar-refractivity contribution in [2.45, 2.75) is 6.92 Å². The molecule has 0 N–H and O–H groups in total. The van der Waals surface area contributed by atoms with Gasteiger partial charge in [-0.1, -0.05) is 17.7 Å². The molecule has 3 rings (SSSR count). The van der Waals surface area contributed by atoms with Gasteiger partial charge in [0, 0.05) is 36.8 Å². The quantitative estimate of drug-likeness (QED) is 0.849. The minimum absolute atomic E-state index is 0.0499. The Morgan fingerprint density at radius 2 is 1.70 bits per heavy atom. The van der Waals surface area contributed by atoms with Gasteiger partial charge in [-0.05, 0) is 31.2 Å². The molecule has 1 aromatic carbocycles. The summed E-state index contributed by atoms with van der Waals surface area (Å²) in [5, 5.41) is 0.542. The lowest BCUT2D eigenvalue weighted by Gasteiger charge is -2.34. The van der Waals surface area contributed by atoms with Crippen LogP contribution in [0.1, 0.15) is 26.5 Å². The van der Waals surface area contributed by atoms with Crippen molar-refractivity contribution in [1.82, 2.24) is 9.80 Å². The second kappa shape index (κ2) is 6.46. The molecule has 0 unspecified atom stereocenters. The Morgan fingerprint density at radius 1 is 1.04 bits per heavy atom. The predicted octanol–water partition coefficient (Wildman–Crippen LogP) is 2.84. The van der Waals surface area contributed by atoms with Crippen molar-refractivity contribution in [3.63, 3.8) is 0 Å². The number of aryl methyl sites for hydroxylation is 1. The van der Waals surface area contributed by atoms with Crippen LogP contribution in [0.3, 0.4) is 0 Å². The minimum Gasteiger partial charge on any atom is -0.469 e. The normalized spacial score (nSPS) is 14.9. The van der Waals surface area contributed by atoms with Crippen molar-refractivity contribution in [1.29, 1.82) is 0 Å². The summed E-state index contributed by atoms with van der Waals surface area (Å²) in [6.07, 6.45) is 1.52. The number of halogens is 1. The van der Waals surface area contributed by atoms with Crippen molar-refractivity contribution >= 4 is 23.4 Å². The first-order valence-electron chi connectivity index (χ1n) is 7.44. The molecule has 0 bridgehead atoms. The summed E-state index contributed by atoms with van der Waals surface area (Å²) in [6.45, 7) is 3.81. The van der Waals surface area contributed by atoms with Crippen molar-refractivity contribution in [2.75, 3.05) is 26.2 Å². The number of hydrogen-bond acceptors (Lipinski definition) is 3. The number of nitrogens with zero attached hydrogens (tertiary/aromatic N) is 2. The molecule has 0 aliphatic carbocycles. The molecule has 23 heavy (non-hydrogen) atoms. The smallest absolute Gasteiger partial charge is 0.257 e. The van der Waals surface area contributed by atoms with Crippen molar-refractivity contribution in [3.05, 3.63) is 58.5 Å². The van der Waals surface area contributed by atoms with Gasteiger partial charge in [0.15, 0.2) is 0 Å². The number of hydrogen-bond donors (Lipinski definition) is 0. The van der Waals surface area contributed by atoms with Crippen LogP contribution in [-0.4, -0.2) is 47.8 Å². The van der Waals surface area contributed by atoms with Gasteiger partial charge in [-0.25, -0.2) is 0 Å². The Kier molecular flexibility index (Phi) is 4.39. The molecule has 1 saturated heterocycles. The molecule has 2 aromatic rings. The van der Waals surface area contributed by atoms with Crippen LogP contribution in [0.25, 0.3) is 0 Å². The molecule has 0 atom stereocenters. The first-order valence-corrected chi connectivity index (χ1v) is 7.82. The summed E-state index contributed by atoms with van der Waals surface area (Å²) in [5.41, 5.74) is 1.16. The second-order valence-electron chi connectivity index (χ2n) is 5.49. The van der Waals surface area contributed by atoms with E-state index in [0.29, 0.717) is 48.1 Å². The number of benzene rings is 1. The molecular weight excluding hydrogens is 316 g/mol. The lowest BCUT2D eigenvalue weighted by Crippen LogP contribution is -2.50. The molecule has 120 valence electrons. The van der Waals surface area contributed by atoms with Gasteiger partial charge in [0.2, 0.25) is 0 Å². The number of furan rings is 1. The highest BCUT2D eigenvalue weighted by atomic mass is 35.5. The monoisotopic (exact) mass is 332 g/mol. The van der Waals surface area contributed by atoms with Gasteiger partial charge in [-0.2, -0.15) is 0 Å². The van der Waals surface area contributed by atoms with Gasteiger partial charge >= 0.3 is 0 Å². The number of rotatable bonds is 2. The summed E-state index contributed by atoms with van der Waals surface area (Å²) >= 11 is 5.93. The van der Waals surface area contributed by atoms with Crippen LogP contribution >= 0.6 is 11.6 Å². The molecule has 1 aliphatic heterocycles. The topological polar surface area (TPSA) is 53.8 Å². The zero-order valence-electron chi connectivity index (χ0n) is 12.8. The van der Waals surface area contributed by atoms with Crippen LogP contribution in [0.4, 0.5) is 0 Å². The molecule has 0 radical (unpaired) electrons. The maximum atomic E-state index is 12.5. The molecule has 1 aromatic heterocycles. The Morgan fingerprint density at radius 3 is 2.26 bits per heavy atom. The van der Waals surface area contributed by atoms with E-state index in [4.69, 9.17) is 16.0 Å². The van der Waals surface area contributed by atoms with E-state index in [-0.39, 0.29) is 11.8 Å². The largest absolute Gasteiger partial charge is 0.469 e. The van der Waals surface area contributed by atoms with E-state index in [1.54, 1.807) is 47.1 Å². The highest BCUT2D eigenvalue weighted by Gasteiger charge is 2.26. The van der Waals surface area contributed by atoms with Gasteiger partial charge in [0.1, 0.15) is 5.76 Å². The summed E-state index contributed by atoms with van der Waals surface area (Å²) in [4.78, 5) is 28.4. The lowest BCUT2D eigenvalue weighted by molar-refractivity contribution is 0.0534. The summed E-state index contributed by atoms with van der Waals surface area (Å²) < 4.78 is 5.18. The Balaban J connectivity index is 1.63. The van der Waals surface area contributed by atoms with Crippen LogP contribution in [-0.2, 0) is 0 Å². The number of piperazine rings is 1. The van der Waals surface area contributed by atoms with Crippen LogP contribution < -0.4 is 0 Å². The first kappa shape index (κ1) is 15.6. The van der Waals surface area contributed by atoms with Crippen LogP contribution in [0.2, 0.25) is 5.02 Å². The second-order valence-corrected chi connectivity index (χ2v) is 5.92. The van der Waals surface area contributed by atoms with Gasteiger partial charge < -0.3 is 14.2 Å². The van der Waals surface area contributed by atoms with Gasteiger partial charge in [0.25, 0.3) is 11.8 Å². The third kappa shape index (κ3) is 3.24. The molecule has 6 heteroatoms. The zero-order chi connectivity index (χ0) is 16.4. The van der Waals surface area contributed by atoms with E-state index in [0.717, 1.165) is 0 Å². The summed E-state index contributed by atoms with van der Waals surface area (Å²) in [7, 11) is 0. The van der Waals surface area contributed by atoms with Gasteiger partial charge in [-0.15, -0.1) is 0 Å². The highest BCUT2D eigenvalue weighted by Crippen LogP contribution is 2.16. The molecule has 1 fully saturated rings. The average molecular weight is 333 g/mol. The fourth-order valence-electron chi connectivity index (χ4n) is 2.69. The fraction of sp³-hybridized carbons (Fsp3) is 0.294. The van der Waals surface area contributed by atoms with E-state index in [1.807, 2.05) is 0 Å². The third-order valence-electron chi connectivity index (χ3n) is 4.01. The molecule has 0 saturated carbocycles. The summed E-state index contributed by atoms with van der Waals surface area (Å²) in [5.74, 6) is 0.512. The van der Waals surface area contributed by atoms with E-state index in [1.165, 1.54) is 6.26 Å². The highest BCUT2D eigenvalue weighted by molar-refractivity contribution is 6.30. The zero-order valence-corrected chi connectivity index (χ0v) is 13.5. The molecular formula is C17H17ClN2O3. The lowest BCUT2D eigenvalue weighted by atomic mass is 10.1. The number of carbonyl (C=O) groups excluding carboxylic acids is 2. The Bertz CT molecular complexity index is 733. The molecule has 2 amide bonds. The van der Waals surface area contributed by atoms with Crippen molar-refractivity contribution in [3.8, 4) is 0 Å². The molecule has 2 heterocycles.